The number of imidazole rings is 1. The highest BCUT2D eigenvalue weighted by molar-refractivity contribution is 8.04. The molecule has 8 heteroatoms. The van der Waals surface area contributed by atoms with Crippen molar-refractivity contribution in [2.24, 2.45) is 0 Å². The van der Waals surface area contributed by atoms with Gasteiger partial charge < -0.3 is 9.05 Å². The van der Waals surface area contributed by atoms with E-state index in [1.807, 2.05) is 57.5 Å². The van der Waals surface area contributed by atoms with Crippen LogP contribution >= 0.6 is 19.4 Å². The van der Waals surface area contributed by atoms with Crippen LogP contribution < -0.4 is 0 Å². The smallest absolute Gasteiger partial charge is 0.305 e. The summed E-state index contributed by atoms with van der Waals surface area (Å²) in [6.45, 7) is 9.32. The molecule has 23 heavy (non-hydrogen) atoms. The van der Waals surface area contributed by atoms with Crippen LogP contribution in [0.25, 0.3) is 5.78 Å². The average molecular weight is 357 g/mol. The number of thioether (sulfide) groups is 1. The predicted molar refractivity (Wildman–Crippen MR) is 94.0 cm³/mol. The number of rotatable bonds is 7. The average Bonchev–Trinajstić information content (AvgIpc) is 2.74. The Morgan fingerprint density at radius 2 is 1.83 bits per heavy atom. The molecule has 1 unspecified atom stereocenters. The third-order valence-electron chi connectivity index (χ3n) is 3.08. The molecule has 0 aliphatic carbocycles. The van der Waals surface area contributed by atoms with E-state index in [0.717, 1.165) is 11.4 Å². The van der Waals surface area contributed by atoms with Crippen LogP contribution in [0.3, 0.4) is 0 Å². The number of hydrogen-bond acceptors (Lipinski definition) is 6. The molecular formula is C15H24N3O3PS. The van der Waals surface area contributed by atoms with Gasteiger partial charge in [0, 0.05) is 12.4 Å². The monoisotopic (exact) mass is 357 g/mol. The maximum Gasteiger partial charge on any atom is 0.350 e. The van der Waals surface area contributed by atoms with E-state index in [1.165, 1.54) is 11.8 Å². The lowest BCUT2D eigenvalue weighted by molar-refractivity contribution is 0.141. The minimum Gasteiger partial charge on any atom is -0.305 e. The molecule has 0 N–H and O–H groups in total. The number of aromatic nitrogens is 3. The van der Waals surface area contributed by atoms with Gasteiger partial charge in [-0.05, 0) is 46.9 Å². The summed E-state index contributed by atoms with van der Waals surface area (Å²) in [5.41, 5.74) is 1.59. The maximum atomic E-state index is 13.5. The maximum absolute atomic E-state index is 13.5. The van der Waals surface area contributed by atoms with E-state index < -0.39 is 12.6 Å². The molecule has 128 valence electrons. The number of nitrogens with zero attached hydrogens (tertiary/aromatic N) is 3. The van der Waals surface area contributed by atoms with Crippen molar-refractivity contribution in [3.8, 4) is 0 Å². The van der Waals surface area contributed by atoms with Crippen molar-refractivity contribution in [2.75, 3.05) is 6.26 Å². The lowest BCUT2D eigenvalue weighted by Gasteiger charge is -2.29. The first-order valence-corrected chi connectivity index (χ1v) is 10.5. The van der Waals surface area contributed by atoms with Crippen molar-refractivity contribution >= 4 is 25.1 Å². The minimum absolute atomic E-state index is 0.202. The van der Waals surface area contributed by atoms with E-state index in [0.29, 0.717) is 5.78 Å². The summed E-state index contributed by atoms with van der Waals surface area (Å²) in [4.78, 5) is 8.25. The fourth-order valence-corrected chi connectivity index (χ4v) is 6.32. The Morgan fingerprint density at radius 3 is 2.35 bits per heavy atom. The molecule has 0 radical (unpaired) electrons. The SMILES string of the molecule is CSC(c1c(C)nc2ncccn12)P(=O)(OC(C)C)OC(C)C. The minimum atomic E-state index is -3.39. The second-order valence-corrected chi connectivity index (χ2v) is 9.12. The normalized spacial score (nSPS) is 14.1. The van der Waals surface area contributed by atoms with E-state index in [9.17, 15) is 4.57 Å². The van der Waals surface area contributed by atoms with E-state index in [4.69, 9.17) is 9.05 Å². The van der Waals surface area contributed by atoms with Gasteiger partial charge >= 0.3 is 7.60 Å². The predicted octanol–water partition coefficient (Wildman–Crippen LogP) is 4.44. The van der Waals surface area contributed by atoms with Crippen LogP contribution in [0.15, 0.2) is 18.5 Å². The summed E-state index contributed by atoms with van der Waals surface area (Å²) in [6, 6.07) is 1.83. The van der Waals surface area contributed by atoms with Crippen molar-refractivity contribution in [1.29, 1.82) is 0 Å². The summed E-state index contributed by atoms with van der Waals surface area (Å²) in [5, 5.41) is 0. The molecule has 2 aromatic heterocycles. The molecule has 0 fully saturated rings. The van der Waals surface area contributed by atoms with Gasteiger partial charge in [0.15, 0.2) is 0 Å². The zero-order valence-electron chi connectivity index (χ0n) is 14.4. The fraction of sp³-hybridized carbons (Fsp3) is 0.600. The second kappa shape index (κ2) is 7.34. The van der Waals surface area contributed by atoms with Gasteiger partial charge in [-0.15, -0.1) is 11.8 Å². The quantitative estimate of drug-likeness (QED) is 0.683. The highest BCUT2D eigenvalue weighted by Gasteiger charge is 2.41. The Labute approximate surface area is 141 Å². The zero-order chi connectivity index (χ0) is 17.2. The van der Waals surface area contributed by atoms with Crippen LogP contribution in [0.4, 0.5) is 0 Å². The first-order chi connectivity index (χ1) is 10.8. The van der Waals surface area contributed by atoms with Crippen molar-refractivity contribution in [3.05, 3.63) is 29.8 Å². The number of fused-ring (bicyclic) bond motifs is 1. The fourth-order valence-electron chi connectivity index (χ4n) is 2.43. The Kier molecular flexibility index (Phi) is 5.89. The summed E-state index contributed by atoms with van der Waals surface area (Å²) >= 11 is 1.45. The van der Waals surface area contributed by atoms with E-state index in [1.54, 1.807) is 6.20 Å². The largest absolute Gasteiger partial charge is 0.350 e. The van der Waals surface area contributed by atoms with Crippen LogP contribution in [-0.2, 0) is 13.6 Å². The van der Waals surface area contributed by atoms with Gasteiger partial charge in [0.2, 0.25) is 5.78 Å². The van der Waals surface area contributed by atoms with Gasteiger partial charge in [-0.3, -0.25) is 8.97 Å². The zero-order valence-corrected chi connectivity index (χ0v) is 16.1. The third kappa shape index (κ3) is 3.97. The molecule has 2 aromatic rings. The lowest BCUT2D eigenvalue weighted by Crippen LogP contribution is -2.13. The molecule has 0 amide bonds. The lowest BCUT2D eigenvalue weighted by atomic mass is 10.4. The van der Waals surface area contributed by atoms with Gasteiger partial charge in [-0.2, -0.15) is 0 Å². The van der Waals surface area contributed by atoms with Gasteiger partial charge in [-0.25, -0.2) is 9.97 Å². The molecule has 0 saturated heterocycles. The highest BCUT2D eigenvalue weighted by atomic mass is 32.2. The van der Waals surface area contributed by atoms with Gasteiger partial charge in [0.1, 0.15) is 4.99 Å². The highest BCUT2D eigenvalue weighted by Crippen LogP contribution is 2.66. The van der Waals surface area contributed by atoms with Crippen LogP contribution in [-0.4, -0.2) is 32.8 Å². The first-order valence-electron chi connectivity index (χ1n) is 7.57. The number of hydrogen-bond donors (Lipinski definition) is 0. The van der Waals surface area contributed by atoms with Gasteiger partial charge in [0.05, 0.1) is 23.6 Å². The Morgan fingerprint density at radius 1 is 1.22 bits per heavy atom. The Balaban J connectivity index is 2.58. The van der Waals surface area contributed by atoms with Crippen molar-refractivity contribution in [2.45, 2.75) is 51.8 Å². The number of aryl methyl sites for hydroxylation is 1. The van der Waals surface area contributed by atoms with Crippen LogP contribution in [0.5, 0.6) is 0 Å². The summed E-state index contributed by atoms with van der Waals surface area (Å²) < 4.78 is 27.0. The summed E-state index contributed by atoms with van der Waals surface area (Å²) in [6.07, 6.45) is 5.06. The molecule has 0 saturated carbocycles. The molecular weight excluding hydrogens is 333 g/mol. The van der Waals surface area contributed by atoms with Crippen LogP contribution in [0.1, 0.15) is 44.1 Å². The van der Waals surface area contributed by atoms with Crippen molar-refractivity contribution in [3.63, 3.8) is 0 Å². The van der Waals surface area contributed by atoms with E-state index in [2.05, 4.69) is 9.97 Å². The van der Waals surface area contributed by atoms with Crippen molar-refractivity contribution in [1.82, 2.24) is 14.4 Å². The van der Waals surface area contributed by atoms with E-state index >= 15 is 0 Å². The molecule has 0 bridgehead atoms. The Hall–Kier alpha value is -0.880. The topological polar surface area (TPSA) is 65.7 Å². The van der Waals surface area contributed by atoms with Gasteiger partial charge in [-0.1, -0.05) is 0 Å². The van der Waals surface area contributed by atoms with E-state index in [-0.39, 0.29) is 12.2 Å². The van der Waals surface area contributed by atoms with Gasteiger partial charge in [0.25, 0.3) is 0 Å². The van der Waals surface area contributed by atoms with Crippen molar-refractivity contribution < 1.29 is 13.6 Å². The molecule has 0 aliphatic heterocycles. The standard InChI is InChI=1S/C15H24N3O3PS/c1-10(2)20-22(19,21-11(3)4)14(23-6)13-12(5)17-15-16-8-7-9-18(13)15/h7-11,14H,1-6H3. The van der Waals surface area contributed by atoms with Crippen LogP contribution in [0.2, 0.25) is 0 Å². The molecule has 2 heterocycles. The molecule has 1 atom stereocenters. The second-order valence-electron chi connectivity index (χ2n) is 5.81. The summed E-state index contributed by atoms with van der Waals surface area (Å²) in [5.74, 6) is 0.583. The third-order valence-corrected chi connectivity index (χ3v) is 7.41. The Bertz CT molecular complexity index is 703. The summed E-state index contributed by atoms with van der Waals surface area (Å²) in [7, 11) is -3.39. The molecule has 0 spiro atoms. The molecule has 0 aromatic carbocycles. The molecule has 2 rings (SSSR count). The first kappa shape index (κ1) is 18.5. The van der Waals surface area contributed by atoms with Crippen LogP contribution in [0, 0.1) is 6.92 Å². The molecule has 0 aliphatic rings. The molecule has 6 nitrogen and oxygen atoms in total.